The van der Waals surface area contributed by atoms with Crippen LogP contribution in [0.1, 0.15) is 57.3 Å². The molecule has 172 valence electrons. The molecule has 1 aliphatic rings. The summed E-state index contributed by atoms with van der Waals surface area (Å²) >= 11 is 0. The molecule has 3 atom stereocenters. The Bertz CT molecular complexity index is 746. The standard InChI is InChI=1S/C16H28N2O4.C7H6O2/c1-5-12(6-2)22-14-9-11(16(20)21-7-3)8-13(17)15(14)18-10(4)19;8-7(9)6-4-2-1-3-5-6/h9,12-15H,5-8,17H2,1-4H3,(H,18,19);1-5H,(H,8,9)/t13-,14+,15+;/m0./s1. The highest BCUT2D eigenvalue weighted by Crippen LogP contribution is 2.24. The summed E-state index contributed by atoms with van der Waals surface area (Å²) in [5, 5.41) is 11.2. The molecule has 31 heavy (non-hydrogen) atoms. The van der Waals surface area contributed by atoms with Gasteiger partial charge in [0, 0.05) is 18.5 Å². The van der Waals surface area contributed by atoms with Crippen molar-refractivity contribution in [2.45, 2.75) is 71.2 Å². The average molecular weight is 435 g/mol. The average Bonchev–Trinajstić information content (AvgIpc) is 2.74. The van der Waals surface area contributed by atoms with E-state index in [1.54, 1.807) is 43.3 Å². The van der Waals surface area contributed by atoms with Crippen LogP contribution in [0.5, 0.6) is 0 Å². The zero-order valence-corrected chi connectivity index (χ0v) is 18.7. The van der Waals surface area contributed by atoms with E-state index in [4.69, 9.17) is 20.3 Å². The van der Waals surface area contributed by atoms with Gasteiger partial charge in [-0.3, -0.25) is 4.79 Å². The summed E-state index contributed by atoms with van der Waals surface area (Å²) in [6.07, 6.45) is 3.48. The van der Waals surface area contributed by atoms with E-state index in [1.807, 2.05) is 13.8 Å². The molecular weight excluding hydrogens is 400 g/mol. The summed E-state index contributed by atoms with van der Waals surface area (Å²) in [5.74, 6) is -1.40. The number of benzene rings is 1. The predicted octanol–water partition coefficient (Wildman–Crippen LogP) is 2.67. The lowest BCUT2D eigenvalue weighted by Gasteiger charge is -2.36. The van der Waals surface area contributed by atoms with Gasteiger partial charge in [0.05, 0.1) is 30.4 Å². The Morgan fingerprint density at radius 1 is 1.16 bits per heavy atom. The van der Waals surface area contributed by atoms with Gasteiger partial charge >= 0.3 is 11.9 Å². The summed E-state index contributed by atoms with van der Waals surface area (Å²) in [6, 6.07) is 7.58. The molecule has 8 heteroatoms. The van der Waals surface area contributed by atoms with Crippen LogP contribution in [-0.4, -0.2) is 53.9 Å². The van der Waals surface area contributed by atoms with Gasteiger partial charge in [-0.15, -0.1) is 0 Å². The van der Waals surface area contributed by atoms with Gasteiger partial charge in [0.1, 0.15) is 0 Å². The number of nitrogens with two attached hydrogens (primary N) is 1. The van der Waals surface area contributed by atoms with E-state index < -0.39 is 12.1 Å². The van der Waals surface area contributed by atoms with E-state index >= 15 is 0 Å². The summed E-state index contributed by atoms with van der Waals surface area (Å²) in [4.78, 5) is 33.6. The first-order valence-corrected chi connectivity index (χ1v) is 10.6. The molecular formula is C23H34N2O6. The van der Waals surface area contributed by atoms with Crippen molar-refractivity contribution < 1.29 is 29.0 Å². The van der Waals surface area contributed by atoms with Crippen molar-refractivity contribution in [3.63, 3.8) is 0 Å². The smallest absolute Gasteiger partial charge is 0.335 e. The van der Waals surface area contributed by atoms with Crippen molar-refractivity contribution in [1.82, 2.24) is 5.32 Å². The van der Waals surface area contributed by atoms with E-state index in [0.29, 0.717) is 24.2 Å². The summed E-state index contributed by atoms with van der Waals surface area (Å²) in [6.45, 7) is 7.62. The van der Waals surface area contributed by atoms with Gasteiger partial charge in [-0.05, 0) is 44.4 Å². The van der Waals surface area contributed by atoms with Crippen LogP contribution in [0, 0.1) is 0 Å². The first-order chi connectivity index (χ1) is 14.7. The molecule has 0 heterocycles. The maximum Gasteiger partial charge on any atom is 0.335 e. The maximum absolute atomic E-state index is 12.0. The second-order valence-corrected chi connectivity index (χ2v) is 7.22. The number of aromatic carboxylic acids is 1. The number of ether oxygens (including phenoxy) is 2. The Labute approximate surface area is 183 Å². The van der Waals surface area contributed by atoms with Crippen molar-refractivity contribution in [2.24, 2.45) is 5.73 Å². The molecule has 1 aliphatic carbocycles. The lowest BCUT2D eigenvalue weighted by molar-refractivity contribution is -0.139. The number of carbonyl (C=O) groups is 3. The third-order valence-corrected chi connectivity index (χ3v) is 4.82. The molecule has 0 aromatic heterocycles. The number of nitrogens with one attached hydrogen (secondary N) is 1. The molecule has 4 N–H and O–H groups in total. The fraction of sp³-hybridized carbons (Fsp3) is 0.522. The number of amides is 1. The van der Waals surface area contributed by atoms with Crippen molar-refractivity contribution in [2.75, 3.05) is 6.61 Å². The van der Waals surface area contributed by atoms with Crippen LogP contribution >= 0.6 is 0 Å². The molecule has 0 bridgehead atoms. The minimum atomic E-state index is -0.879. The van der Waals surface area contributed by atoms with Crippen LogP contribution in [0.25, 0.3) is 0 Å². The lowest BCUT2D eigenvalue weighted by atomic mass is 9.88. The zero-order chi connectivity index (χ0) is 23.4. The molecule has 1 amide bonds. The predicted molar refractivity (Wildman–Crippen MR) is 118 cm³/mol. The highest BCUT2D eigenvalue weighted by molar-refractivity contribution is 5.89. The molecule has 0 saturated heterocycles. The molecule has 0 fully saturated rings. The summed E-state index contributed by atoms with van der Waals surface area (Å²) in [5.41, 5.74) is 7.01. The number of esters is 1. The Morgan fingerprint density at radius 3 is 2.23 bits per heavy atom. The van der Waals surface area contributed by atoms with Crippen LogP contribution in [0.4, 0.5) is 0 Å². The first-order valence-electron chi connectivity index (χ1n) is 10.6. The monoisotopic (exact) mass is 434 g/mol. The zero-order valence-electron chi connectivity index (χ0n) is 18.7. The van der Waals surface area contributed by atoms with Gasteiger partial charge in [0.15, 0.2) is 0 Å². The number of hydrogen-bond acceptors (Lipinski definition) is 6. The molecule has 0 radical (unpaired) electrons. The summed E-state index contributed by atoms with van der Waals surface area (Å²) in [7, 11) is 0. The SMILES string of the molecule is CCOC(=O)C1=C[C@@H](OC(CC)CC)[C@H](NC(C)=O)[C@@H](N)C1.O=C(O)c1ccccc1. The molecule has 8 nitrogen and oxygen atoms in total. The molecule has 1 aromatic rings. The van der Waals surface area contributed by atoms with Crippen LogP contribution in [-0.2, 0) is 19.1 Å². The third kappa shape index (κ3) is 8.90. The second-order valence-electron chi connectivity index (χ2n) is 7.22. The Morgan fingerprint density at radius 2 is 1.77 bits per heavy atom. The van der Waals surface area contributed by atoms with Gasteiger partial charge in [0.2, 0.25) is 5.91 Å². The minimum absolute atomic E-state index is 0.0613. The maximum atomic E-state index is 12.0. The lowest BCUT2D eigenvalue weighted by Crippen LogP contribution is -2.57. The largest absolute Gasteiger partial charge is 0.478 e. The third-order valence-electron chi connectivity index (χ3n) is 4.82. The molecule has 0 saturated carbocycles. The molecule has 0 aliphatic heterocycles. The highest BCUT2D eigenvalue weighted by Gasteiger charge is 2.35. The van der Waals surface area contributed by atoms with Crippen LogP contribution in [0.2, 0.25) is 0 Å². The van der Waals surface area contributed by atoms with Gasteiger partial charge in [-0.25, -0.2) is 9.59 Å². The topological polar surface area (TPSA) is 128 Å². The first kappa shape index (κ1) is 26.3. The Hall–Kier alpha value is -2.71. The Balaban J connectivity index is 0.000000442. The number of hydrogen-bond donors (Lipinski definition) is 3. The van der Waals surface area contributed by atoms with Gasteiger partial charge in [0.25, 0.3) is 0 Å². The summed E-state index contributed by atoms with van der Waals surface area (Å²) < 4.78 is 11.1. The van der Waals surface area contributed by atoms with Gasteiger partial charge in [-0.2, -0.15) is 0 Å². The fourth-order valence-electron chi connectivity index (χ4n) is 3.20. The van der Waals surface area contributed by atoms with E-state index in [2.05, 4.69) is 5.32 Å². The van der Waals surface area contributed by atoms with Gasteiger partial charge in [-0.1, -0.05) is 32.0 Å². The van der Waals surface area contributed by atoms with Crippen LogP contribution < -0.4 is 11.1 Å². The van der Waals surface area contributed by atoms with E-state index in [1.165, 1.54) is 6.92 Å². The van der Waals surface area contributed by atoms with Crippen molar-refractivity contribution in [3.8, 4) is 0 Å². The molecule has 1 aromatic carbocycles. The van der Waals surface area contributed by atoms with Crippen LogP contribution in [0.15, 0.2) is 42.0 Å². The second kappa shape index (κ2) is 13.6. The molecule has 2 rings (SSSR count). The van der Waals surface area contributed by atoms with Crippen LogP contribution in [0.3, 0.4) is 0 Å². The highest BCUT2D eigenvalue weighted by atomic mass is 16.5. The van der Waals surface area contributed by atoms with Crippen molar-refractivity contribution in [3.05, 3.63) is 47.5 Å². The van der Waals surface area contributed by atoms with Crippen molar-refractivity contribution in [1.29, 1.82) is 0 Å². The van der Waals surface area contributed by atoms with E-state index in [-0.39, 0.29) is 30.1 Å². The minimum Gasteiger partial charge on any atom is -0.478 e. The van der Waals surface area contributed by atoms with Gasteiger partial charge < -0.3 is 25.6 Å². The quantitative estimate of drug-likeness (QED) is 0.537. The molecule has 0 unspecified atom stereocenters. The fourth-order valence-corrected chi connectivity index (χ4v) is 3.20. The molecule has 0 spiro atoms. The number of carboxylic acids is 1. The Kier molecular flexibility index (Phi) is 11.5. The number of rotatable bonds is 8. The van der Waals surface area contributed by atoms with E-state index in [9.17, 15) is 14.4 Å². The number of carboxylic acid groups (broad SMARTS) is 1. The van der Waals surface area contributed by atoms with Crippen molar-refractivity contribution >= 4 is 17.8 Å². The number of carbonyl (C=O) groups excluding carboxylic acids is 2. The normalized spacial score (nSPS) is 20.2. The van der Waals surface area contributed by atoms with E-state index in [0.717, 1.165) is 12.8 Å².